The van der Waals surface area contributed by atoms with Crippen molar-refractivity contribution in [1.82, 2.24) is 10.2 Å². The number of rotatable bonds is 9. The predicted molar refractivity (Wildman–Crippen MR) is 169 cm³/mol. The van der Waals surface area contributed by atoms with Crippen LogP contribution in [0.5, 0.6) is 0 Å². The first-order valence-electron chi connectivity index (χ1n) is 14.6. The van der Waals surface area contributed by atoms with Crippen LogP contribution in [0.1, 0.15) is 108 Å². The summed E-state index contributed by atoms with van der Waals surface area (Å²) in [7, 11) is 0. The lowest BCUT2D eigenvalue weighted by atomic mass is 9.81. The fraction of sp³-hybridized carbons (Fsp3) is 0.559. The number of carbonyl (C=O) groups is 1. The summed E-state index contributed by atoms with van der Waals surface area (Å²) >= 11 is 4.73. The molecule has 1 N–H and O–H groups in total. The van der Waals surface area contributed by atoms with Crippen molar-refractivity contribution in [3.05, 3.63) is 82.2 Å². The summed E-state index contributed by atoms with van der Waals surface area (Å²) in [5, 5.41) is 4.16. The van der Waals surface area contributed by atoms with E-state index in [1.165, 1.54) is 85.5 Å². The van der Waals surface area contributed by atoms with E-state index in [9.17, 15) is 0 Å². The van der Waals surface area contributed by atoms with Crippen LogP contribution in [0, 0.1) is 6.92 Å². The van der Waals surface area contributed by atoms with Gasteiger partial charge >= 0.3 is 0 Å². The molecule has 38 heavy (non-hydrogen) atoms. The minimum absolute atomic E-state index is 0.331. The molecule has 3 nitrogen and oxygen atoms in total. The van der Waals surface area contributed by atoms with Gasteiger partial charge in [-0.25, -0.2) is 0 Å². The van der Waals surface area contributed by atoms with Crippen LogP contribution in [0.2, 0.25) is 0 Å². The Morgan fingerprint density at radius 2 is 1.84 bits per heavy atom. The average Bonchev–Trinajstić information content (AvgIpc) is 3.17. The standard InChI is InChI=1S/C29H42N2S.C3H6.C2H4O/c1-6-7-8-11-23-14-20(3)28(24-12-9-10-19(2)13-24)26(15-23)18-30-17-25-16-27-29(32)22(5)31(27)21(25)4;1-3-2;1-2-3/h13-15,24,27,29-30,32H,5-12,16-18H2,1-4H3;3H,1H2,2H3;2H,1H3. The molecule has 1 fully saturated rings. The molecule has 4 rings (SSSR count). The fourth-order valence-corrected chi connectivity index (χ4v) is 6.48. The van der Waals surface area contributed by atoms with Gasteiger partial charge in [0.2, 0.25) is 0 Å². The normalized spacial score (nSPS) is 21.9. The number of nitrogens with one attached hydrogen (secondary N) is 1. The summed E-state index contributed by atoms with van der Waals surface area (Å²) < 4.78 is 0. The minimum atomic E-state index is 0.331. The number of fused-ring (bicyclic) bond motifs is 1. The van der Waals surface area contributed by atoms with E-state index < -0.39 is 0 Å². The number of hydrogen-bond acceptors (Lipinski definition) is 4. The molecule has 2 aliphatic heterocycles. The second kappa shape index (κ2) is 16.2. The van der Waals surface area contributed by atoms with Crippen LogP contribution in [0.3, 0.4) is 0 Å². The first-order valence-corrected chi connectivity index (χ1v) is 15.1. The van der Waals surface area contributed by atoms with E-state index in [1.54, 1.807) is 17.2 Å². The maximum absolute atomic E-state index is 8.81. The first kappa shape index (κ1) is 32.2. The van der Waals surface area contributed by atoms with Gasteiger partial charge in [-0.2, -0.15) is 12.6 Å². The Kier molecular flexibility index (Phi) is 13.7. The van der Waals surface area contributed by atoms with Crippen LogP contribution >= 0.6 is 12.6 Å². The van der Waals surface area contributed by atoms with Gasteiger partial charge in [0, 0.05) is 30.4 Å². The third-order valence-electron chi connectivity index (χ3n) is 7.87. The molecule has 0 spiro atoms. The molecule has 0 saturated carbocycles. The predicted octanol–water partition coefficient (Wildman–Crippen LogP) is 8.60. The number of benzene rings is 1. The molecule has 0 aromatic heterocycles. The lowest BCUT2D eigenvalue weighted by molar-refractivity contribution is -0.106. The molecule has 1 aromatic carbocycles. The molecule has 1 aromatic rings. The third kappa shape index (κ3) is 8.23. The Hall–Kier alpha value is -2.04. The zero-order valence-corrected chi connectivity index (χ0v) is 25.8. The van der Waals surface area contributed by atoms with Crippen LogP contribution in [0.15, 0.2) is 60.0 Å². The Bertz CT molecular complexity index is 1020. The monoisotopic (exact) mass is 536 g/mol. The largest absolute Gasteiger partial charge is 0.343 e. The van der Waals surface area contributed by atoms with Crippen LogP contribution < -0.4 is 5.32 Å². The van der Waals surface area contributed by atoms with Crippen molar-refractivity contribution in [2.75, 3.05) is 6.54 Å². The van der Waals surface area contributed by atoms with E-state index in [0.717, 1.165) is 25.8 Å². The molecule has 3 unspecified atom stereocenters. The fourth-order valence-electron chi connectivity index (χ4n) is 6.11. The smallest absolute Gasteiger partial charge is 0.116 e. The van der Waals surface area contributed by atoms with Gasteiger partial charge in [0.05, 0.1) is 11.3 Å². The zero-order valence-electron chi connectivity index (χ0n) is 24.9. The lowest BCUT2D eigenvalue weighted by Gasteiger charge is -2.46. The number of aldehydes is 1. The first-order chi connectivity index (χ1) is 18.2. The lowest BCUT2D eigenvalue weighted by Crippen LogP contribution is -2.50. The molecular weight excluding hydrogens is 484 g/mol. The molecule has 3 atom stereocenters. The molecule has 0 amide bonds. The van der Waals surface area contributed by atoms with E-state index in [0.29, 0.717) is 17.2 Å². The highest BCUT2D eigenvalue weighted by atomic mass is 32.1. The van der Waals surface area contributed by atoms with E-state index in [1.807, 2.05) is 6.92 Å². The quantitative estimate of drug-likeness (QED) is 0.143. The van der Waals surface area contributed by atoms with Gasteiger partial charge in [-0.3, -0.25) is 0 Å². The van der Waals surface area contributed by atoms with Crippen molar-refractivity contribution in [3.63, 3.8) is 0 Å². The molecule has 1 saturated heterocycles. The maximum Gasteiger partial charge on any atom is 0.116 e. The van der Waals surface area contributed by atoms with Crippen molar-refractivity contribution < 1.29 is 4.79 Å². The topological polar surface area (TPSA) is 32.3 Å². The van der Waals surface area contributed by atoms with Gasteiger partial charge in [-0.1, -0.05) is 56.2 Å². The highest BCUT2D eigenvalue weighted by molar-refractivity contribution is 7.81. The number of hydrogen-bond donors (Lipinski definition) is 2. The molecule has 3 aliphatic rings. The molecular formula is C34H52N2OS. The van der Waals surface area contributed by atoms with E-state index in [-0.39, 0.29) is 0 Å². The van der Waals surface area contributed by atoms with E-state index >= 15 is 0 Å². The van der Waals surface area contributed by atoms with Gasteiger partial charge in [0.25, 0.3) is 0 Å². The number of unbranched alkanes of at least 4 members (excludes halogenated alkanes) is 2. The summed E-state index contributed by atoms with van der Waals surface area (Å²) in [5.74, 6) is 0.577. The van der Waals surface area contributed by atoms with Crippen molar-refractivity contribution in [1.29, 1.82) is 0 Å². The number of aryl methyl sites for hydroxylation is 2. The van der Waals surface area contributed by atoms with Crippen LogP contribution in [-0.4, -0.2) is 29.0 Å². The summed E-state index contributed by atoms with van der Waals surface area (Å²) in [4.78, 5) is 11.2. The third-order valence-corrected chi connectivity index (χ3v) is 8.52. The Balaban J connectivity index is 0.000000773. The van der Waals surface area contributed by atoms with Crippen LogP contribution in [0.4, 0.5) is 0 Å². The number of allylic oxidation sites excluding steroid dienone is 4. The Morgan fingerprint density at radius 3 is 2.45 bits per heavy atom. The van der Waals surface area contributed by atoms with Gasteiger partial charge in [0.1, 0.15) is 6.29 Å². The van der Waals surface area contributed by atoms with Crippen molar-refractivity contribution >= 4 is 18.9 Å². The number of nitrogens with zero attached hydrogens (tertiary/aromatic N) is 1. The molecule has 4 heteroatoms. The van der Waals surface area contributed by atoms with Gasteiger partial charge in [-0.05, 0) is 101 Å². The van der Waals surface area contributed by atoms with Gasteiger partial charge < -0.3 is 15.0 Å². The van der Waals surface area contributed by atoms with Crippen molar-refractivity contribution in [3.8, 4) is 0 Å². The van der Waals surface area contributed by atoms with Crippen LogP contribution in [-0.2, 0) is 17.8 Å². The average molecular weight is 537 g/mol. The summed E-state index contributed by atoms with van der Waals surface area (Å²) in [5.41, 5.74) is 11.8. The second-order valence-electron chi connectivity index (χ2n) is 11.0. The molecule has 210 valence electrons. The van der Waals surface area contributed by atoms with Crippen LogP contribution in [0.25, 0.3) is 0 Å². The molecule has 2 heterocycles. The Morgan fingerprint density at radius 1 is 1.16 bits per heavy atom. The highest BCUT2D eigenvalue weighted by Gasteiger charge is 2.45. The number of thiol groups is 1. The summed E-state index contributed by atoms with van der Waals surface area (Å²) in [6, 6.07) is 5.51. The van der Waals surface area contributed by atoms with E-state index in [2.05, 4.69) is 69.3 Å². The molecule has 1 aliphatic carbocycles. The number of carbonyl (C=O) groups excluding carboxylic acids is 1. The summed E-state index contributed by atoms with van der Waals surface area (Å²) in [6.45, 7) is 22.0. The van der Waals surface area contributed by atoms with Gasteiger partial charge in [-0.15, -0.1) is 6.58 Å². The SMILES string of the molecule is C=C1C(S)C2CC(CNCc3cc(CCCCC)cc(C)c3C3C=C(C)CCC3)=C(C)N12.C=CC.CC=O. The zero-order chi connectivity index (χ0) is 28.2. The second-order valence-corrected chi connectivity index (χ2v) is 11.5. The molecule has 0 bridgehead atoms. The summed E-state index contributed by atoms with van der Waals surface area (Å²) in [6.07, 6.45) is 15.1. The van der Waals surface area contributed by atoms with Crippen molar-refractivity contribution in [2.45, 2.75) is 117 Å². The van der Waals surface area contributed by atoms with Crippen molar-refractivity contribution in [2.24, 2.45) is 0 Å². The molecule has 0 radical (unpaired) electrons. The van der Waals surface area contributed by atoms with Gasteiger partial charge in [0.15, 0.2) is 0 Å². The Labute approximate surface area is 239 Å². The highest BCUT2D eigenvalue weighted by Crippen LogP contribution is 2.45. The minimum Gasteiger partial charge on any atom is -0.343 e. The maximum atomic E-state index is 8.81. The van der Waals surface area contributed by atoms with E-state index in [4.69, 9.17) is 17.4 Å².